The van der Waals surface area contributed by atoms with Gasteiger partial charge in [0.2, 0.25) is 17.7 Å². The summed E-state index contributed by atoms with van der Waals surface area (Å²) in [5, 5.41) is 13.2. The number of hydrogen-bond donors (Lipinski definition) is 4. The second-order valence-corrected chi connectivity index (χ2v) is 20.4. The van der Waals surface area contributed by atoms with Crippen molar-refractivity contribution in [2.45, 2.75) is 95.3 Å². The smallest absolute Gasteiger partial charge is 0.255 e. The summed E-state index contributed by atoms with van der Waals surface area (Å²) < 4.78 is 22.1. The zero-order valence-corrected chi connectivity index (χ0v) is 39.4. The monoisotopic (exact) mass is 946 g/mol. The summed E-state index contributed by atoms with van der Waals surface area (Å²) in [4.78, 5) is 69.8. The molecule has 0 aliphatic carbocycles. The van der Waals surface area contributed by atoms with E-state index in [0.717, 1.165) is 35.2 Å². The molecule has 0 unspecified atom stereocenters. The normalized spacial score (nSPS) is 24.4. The van der Waals surface area contributed by atoms with E-state index < -0.39 is 41.0 Å². The van der Waals surface area contributed by atoms with Crippen molar-refractivity contribution in [3.8, 4) is 17.6 Å². The number of piperidine rings is 2. The Morgan fingerprint density at radius 2 is 1.82 bits per heavy atom. The summed E-state index contributed by atoms with van der Waals surface area (Å²) in [6.45, 7) is 8.18. The topological polar surface area (TPSA) is 149 Å². The first-order valence-corrected chi connectivity index (χ1v) is 23.6. The SMILES string of the molecule is COc1cc(C(=O)N2CCC[C@@H](CC#Cc3cccc4c3CN([C@H]3CCC(=O)NC3=O)C4=O)C2)ccc1NC(=O)[C@@H]1N[C@@H](CC(C)(C)C)[C@@]2(CNc3cc(Cl)ccc32)[C@H]1c1cccc(Cl)c1F. The third-order valence-corrected chi connectivity index (χ3v) is 14.6. The van der Waals surface area contributed by atoms with Crippen LogP contribution in [0.4, 0.5) is 15.8 Å². The number of rotatable bonds is 8. The summed E-state index contributed by atoms with van der Waals surface area (Å²) in [5.41, 5.74) is 3.96. The molecule has 0 bridgehead atoms. The first kappa shape index (κ1) is 46.2. The van der Waals surface area contributed by atoms with Crippen molar-refractivity contribution in [1.29, 1.82) is 0 Å². The highest BCUT2D eigenvalue weighted by Gasteiger charge is 2.61. The molecular formula is C52H53Cl2FN6O6. The molecule has 348 valence electrons. The molecule has 0 radical (unpaired) electrons. The largest absolute Gasteiger partial charge is 0.495 e. The van der Waals surface area contributed by atoms with Gasteiger partial charge in [-0.2, -0.15) is 0 Å². The Bertz CT molecular complexity index is 2770. The fourth-order valence-corrected chi connectivity index (χ4v) is 11.4. The Kier molecular flexibility index (Phi) is 12.6. The number of hydrogen-bond acceptors (Lipinski definition) is 8. The number of nitrogens with one attached hydrogen (secondary N) is 4. The first-order chi connectivity index (χ1) is 32.1. The highest BCUT2D eigenvalue weighted by atomic mass is 35.5. The number of benzene rings is 4. The molecule has 3 fully saturated rings. The van der Waals surface area contributed by atoms with E-state index in [9.17, 15) is 24.0 Å². The van der Waals surface area contributed by atoms with Crippen LogP contribution in [0, 0.1) is 29.0 Å². The van der Waals surface area contributed by atoms with E-state index in [1.807, 2.05) is 29.2 Å². The van der Waals surface area contributed by atoms with E-state index in [0.29, 0.717) is 65.6 Å². The van der Waals surface area contributed by atoms with E-state index in [1.165, 1.54) is 18.1 Å². The Morgan fingerprint density at radius 1 is 1.01 bits per heavy atom. The number of amides is 5. The maximum Gasteiger partial charge on any atom is 0.255 e. The second-order valence-electron chi connectivity index (χ2n) is 19.6. The predicted octanol–water partition coefficient (Wildman–Crippen LogP) is 8.06. The summed E-state index contributed by atoms with van der Waals surface area (Å²) in [6.07, 6.45) is 3.37. The number of halogens is 3. The van der Waals surface area contributed by atoms with Crippen LogP contribution in [-0.2, 0) is 26.3 Å². The number of nitrogens with zero attached hydrogens (tertiary/aromatic N) is 2. The highest BCUT2D eigenvalue weighted by molar-refractivity contribution is 6.31. The Labute approximate surface area is 399 Å². The number of imide groups is 1. The number of methoxy groups -OCH3 is 1. The Hall–Kier alpha value is -5.94. The minimum Gasteiger partial charge on any atom is -0.495 e. The van der Waals surface area contributed by atoms with Crippen molar-refractivity contribution in [1.82, 2.24) is 20.4 Å². The summed E-state index contributed by atoms with van der Waals surface area (Å²) in [7, 11) is 1.48. The standard InChI is InChI=1S/C52H53Cl2FN6O6/c1-51(2,3)25-42-52(28-56-39-24-32(53)17-18-36(39)52)44(34-14-7-15-37(54)45(34)55)46(58-42)48(64)57-38-19-16-31(23-41(38)67-4)49(65)60-22-8-10-29(26-60)9-5-11-30-12-6-13-33-35(30)27-61(50(33)66)40-20-21-43(62)59-47(40)63/h6-7,12-19,23-24,29,40,42,44,46,56,58H,8-10,20-22,25-28H2,1-4H3,(H,57,64)(H,59,62,63)/t29-,40+,42+,44+,46-,52+/m1/s1. The van der Waals surface area contributed by atoms with Crippen LogP contribution in [0.1, 0.15) is 108 Å². The lowest BCUT2D eigenvalue weighted by Crippen LogP contribution is -2.52. The van der Waals surface area contributed by atoms with Crippen LogP contribution in [0.15, 0.2) is 72.8 Å². The zero-order valence-electron chi connectivity index (χ0n) is 37.9. The van der Waals surface area contributed by atoms with Crippen LogP contribution in [-0.4, -0.2) is 84.2 Å². The van der Waals surface area contributed by atoms with Gasteiger partial charge in [0.25, 0.3) is 11.8 Å². The highest BCUT2D eigenvalue weighted by Crippen LogP contribution is 2.57. The second kappa shape index (κ2) is 18.3. The third kappa shape index (κ3) is 8.76. The molecule has 5 heterocycles. The number of ether oxygens (including phenoxy) is 1. The fraction of sp³-hybridized carbons (Fsp3) is 0.404. The summed E-state index contributed by atoms with van der Waals surface area (Å²) in [5.74, 6) is 4.12. The van der Waals surface area contributed by atoms with E-state index in [1.54, 1.807) is 42.5 Å². The molecule has 0 saturated carbocycles. The Balaban J connectivity index is 0.911. The number of likely N-dealkylation sites (tertiary alicyclic amines) is 1. The molecule has 3 saturated heterocycles. The van der Waals surface area contributed by atoms with E-state index >= 15 is 4.39 Å². The van der Waals surface area contributed by atoms with Crippen molar-refractivity contribution in [2.24, 2.45) is 11.3 Å². The molecule has 4 aromatic rings. The van der Waals surface area contributed by atoms with E-state index in [-0.39, 0.29) is 59.5 Å². The van der Waals surface area contributed by atoms with Gasteiger partial charge in [-0.3, -0.25) is 29.3 Å². The molecule has 4 N–H and O–H groups in total. The van der Waals surface area contributed by atoms with Crippen LogP contribution >= 0.6 is 23.2 Å². The molecule has 5 aliphatic heterocycles. The Morgan fingerprint density at radius 3 is 2.60 bits per heavy atom. The summed E-state index contributed by atoms with van der Waals surface area (Å²) in [6, 6.07) is 19.1. The van der Waals surface area contributed by atoms with Gasteiger partial charge in [0.05, 0.1) is 23.9 Å². The molecule has 9 rings (SSSR count). The molecule has 1 spiro atoms. The van der Waals surface area contributed by atoms with Crippen LogP contribution in [0.2, 0.25) is 10.0 Å². The number of fused-ring (bicyclic) bond motifs is 3. The van der Waals surface area contributed by atoms with Gasteiger partial charge < -0.3 is 30.5 Å². The lowest BCUT2D eigenvalue weighted by molar-refractivity contribution is -0.137. The molecular weight excluding hydrogens is 895 g/mol. The van der Waals surface area contributed by atoms with E-state index in [2.05, 4.69) is 53.9 Å². The van der Waals surface area contributed by atoms with Crippen molar-refractivity contribution in [2.75, 3.05) is 37.4 Å². The average Bonchev–Trinajstić information content (AvgIpc) is 3.95. The maximum absolute atomic E-state index is 16.3. The van der Waals surface area contributed by atoms with Crippen LogP contribution in [0.5, 0.6) is 5.75 Å². The lowest BCUT2D eigenvalue weighted by atomic mass is 9.63. The molecule has 6 atom stereocenters. The molecule has 15 heteroatoms. The van der Waals surface area contributed by atoms with Crippen LogP contribution in [0.25, 0.3) is 0 Å². The van der Waals surface area contributed by atoms with Gasteiger partial charge in [-0.15, -0.1) is 0 Å². The molecule has 4 aromatic carbocycles. The molecule has 0 aromatic heterocycles. The van der Waals surface area contributed by atoms with Crippen molar-refractivity contribution in [3.63, 3.8) is 0 Å². The van der Waals surface area contributed by atoms with Gasteiger partial charge in [-0.25, -0.2) is 4.39 Å². The molecule has 12 nitrogen and oxygen atoms in total. The van der Waals surface area contributed by atoms with Gasteiger partial charge >= 0.3 is 0 Å². The maximum atomic E-state index is 16.3. The minimum atomic E-state index is -0.902. The van der Waals surface area contributed by atoms with Gasteiger partial charge in [0, 0.05) is 83.8 Å². The lowest BCUT2D eigenvalue weighted by Gasteiger charge is -2.39. The number of carbonyl (C=O) groups is 5. The van der Waals surface area contributed by atoms with E-state index in [4.69, 9.17) is 27.9 Å². The molecule has 67 heavy (non-hydrogen) atoms. The average molecular weight is 948 g/mol. The molecule has 5 aliphatic rings. The van der Waals surface area contributed by atoms with Crippen LogP contribution < -0.4 is 26.0 Å². The quantitative estimate of drug-likeness (QED) is 0.103. The minimum absolute atomic E-state index is 0.0290. The zero-order chi connectivity index (χ0) is 47.4. The third-order valence-electron chi connectivity index (χ3n) is 14.1. The van der Waals surface area contributed by atoms with Crippen molar-refractivity contribution in [3.05, 3.63) is 122 Å². The van der Waals surface area contributed by atoms with Gasteiger partial charge in [-0.1, -0.05) is 80.1 Å². The fourth-order valence-electron chi connectivity index (χ4n) is 11.0. The van der Waals surface area contributed by atoms with Crippen LogP contribution in [0.3, 0.4) is 0 Å². The van der Waals surface area contributed by atoms with Gasteiger partial charge in [0.1, 0.15) is 17.6 Å². The predicted molar refractivity (Wildman–Crippen MR) is 255 cm³/mol. The molecule has 5 amide bonds. The van der Waals surface area contributed by atoms with Gasteiger partial charge in [-0.05, 0) is 102 Å². The summed E-state index contributed by atoms with van der Waals surface area (Å²) >= 11 is 12.9. The first-order valence-electron chi connectivity index (χ1n) is 22.8. The van der Waals surface area contributed by atoms with Crippen molar-refractivity contribution >= 4 is 64.1 Å². The van der Waals surface area contributed by atoms with Gasteiger partial charge in [0.15, 0.2) is 0 Å². The number of carbonyl (C=O) groups excluding carboxylic acids is 5. The van der Waals surface area contributed by atoms with Crippen molar-refractivity contribution < 1.29 is 33.1 Å². The number of anilines is 2.